The van der Waals surface area contributed by atoms with Crippen molar-refractivity contribution >= 4 is 18.0 Å². The molecule has 0 heterocycles. The van der Waals surface area contributed by atoms with E-state index >= 15 is 0 Å². The van der Waals surface area contributed by atoms with E-state index in [1.807, 2.05) is 20.8 Å². The number of hydrogen-bond donors (Lipinski definition) is 0. The lowest BCUT2D eigenvalue weighted by Gasteiger charge is -2.31. The predicted octanol–water partition coefficient (Wildman–Crippen LogP) is 3.32. The van der Waals surface area contributed by atoms with E-state index < -0.39 is 24.1 Å². The van der Waals surface area contributed by atoms with Crippen molar-refractivity contribution in [2.24, 2.45) is 11.3 Å². The average Bonchev–Trinajstić information content (AvgIpc) is 2.58. The first kappa shape index (κ1) is 25.2. The summed E-state index contributed by atoms with van der Waals surface area (Å²) in [4.78, 5) is 39.5. The quantitative estimate of drug-likeness (QED) is 0.449. The second kappa shape index (κ2) is 11.1. The van der Waals surface area contributed by atoms with Crippen molar-refractivity contribution in [3.8, 4) is 0 Å². The van der Waals surface area contributed by atoms with Crippen LogP contribution in [0.1, 0.15) is 61.3 Å². The molecule has 158 valence electrons. The van der Waals surface area contributed by atoms with Crippen LogP contribution in [0, 0.1) is 11.3 Å². The highest BCUT2D eigenvalue weighted by atomic mass is 16.6. The van der Waals surface area contributed by atoms with Crippen LogP contribution in [0.4, 0.5) is 4.79 Å². The highest BCUT2D eigenvalue weighted by Gasteiger charge is 2.31. The van der Waals surface area contributed by atoms with Gasteiger partial charge in [-0.2, -0.15) is 0 Å². The Balaban J connectivity index is 4.62. The summed E-state index contributed by atoms with van der Waals surface area (Å²) in [6, 6.07) is -1.48. The molecule has 0 aliphatic rings. The van der Waals surface area contributed by atoms with Crippen LogP contribution in [0.2, 0.25) is 0 Å². The van der Waals surface area contributed by atoms with Gasteiger partial charge in [-0.3, -0.25) is 9.69 Å². The molecule has 0 fully saturated rings. The van der Waals surface area contributed by atoms with Gasteiger partial charge < -0.3 is 14.4 Å². The molecule has 0 rings (SSSR count). The van der Waals surface area contributed by atoms with Crippen LogP contribution in [0.5, 0.6) is 0 Å². The first-order chi connectivity index (χ1) is 12.3. The molecule has 0 aromatic heterocycles. The second-order valence-electron chi connectivity index (χ2n) is 8.73. The Kier molecular flexibility index (Phi) is 10.4. The summed E-state index contributed by atoms with van der Waals surface area (Å²) in [6.45, 7) is 13.9. The first-order valence-electron chi connectivity index (χ1n) is 9.60. The van der Waals surface area contributed by atoms with Crippen molar-refractivity contribution in [1.29, 1.82) is 0 Å². The van der Waals surface area contributed by atoms with Crippen LogP contribution in [0.25, 0.3) is 0 Å². The molecule has 7 nitrogen and oxygen atoms in total. The molecule has 2 atom stereocenters. The van der Waals surface area contributed by atoms with E-state index in [2.05, 4.69) is 13.8 Å². The third kappa shape index (κ3) is 9.63. The van der Waals surface area contributed by atoms with Crippen molar-refractivity contribution in [2.75, 3.05) is 27.3 Å². The standard InChI is InChI=1S/C20H38N2O5/c1-14(2)11-10-12-26-18(24)16(4)21(8)17(23)15(3)22(9)19(25)27-13-20(5,6)7/h14-16H,10-13H2,1-9H3. The Morgan fingerprint density at radius 2 is 1.44 bits per heavy atom. The van der Waals surface area contributed by atoms with E-state index in [0.29, 0.717) is 12.5 Å². The molecule has 0 spiro atoms. The summed E-state index contributed by atoms with van der Waals surface area (Å²) < 4.78 is 10.5. The number of carbonyl (C=O) groups excluding carboxylic acids is 3. The SMILES string of the molecule is CC(C)CCCOC(=O)C(C)N(C)C(=O)C(C)N(C)C(=O)OCC(C)(C)C. The molecule has 27 heavy (non-hydrogen) atoms. The molecule has 0 aromatic rings. The predicted molar refractivity (Wildman–Crippen MR) is 105 cm³/mol. The van der Waals surface area contributed by atoms with Gasteiger partial charge in [0.05, 0.1) is 13.2 Å². The van der Waals surface area contributed by atoms with E-state index in [9.17, 15) is 14.4 Å². The maximum atomic E-state index is 12.6. The lowest BCUT2D eigenvalue weighted by atomic mass is 9.99. The molecule has 0 aromatic carbocycles. The third-order valence-corrected chi connectivity index (χ3v) is 4.29. The molecular weight excluding hydrogens is 348 g/mol. The van der Waals surface area contributed by atoms with Gasteiger partial charge in [-0.25, -0.2) is 9.59 Å². The maximum Gasteiger partial charge on any atom is 0.410 e. The van der Waals surface area contributed by atoms with Crippen LogP contribution >= 0.6 is 0 Å². The Morgan fingerprint density at radius 3 is 1.93 bits per heavy atom. The first-order valence-corrected chi connectivity index (χ1v) is 9.60. The second-order valence-corrected chi connectivity index (χ2v) is 8.73. The van der Waals surface area contributed by atoms with Gasteiger partial charge in [0.15, 0.2) is 0 Å². The van der Waals surface area contributed by atoms with Crippen molar-refractivity contribution in [1.82, 2.24) is 9.80 Å². The lowest BCUT2D eigenvalue weighted by Crippen LogP contribution is -2.51. The number of likely N-dealkylation sites (N-methyl/N-ethyl adjacent to an activating group) is 2. The van der Waals surface area contributed by atoms with Crippen LogP contribution in [-0.2, 0) is 19.1 Å². The minimum absolute atomic E-state index is 0.158. The monoisotopic (exact) mass is 386 g/mol. The van der Waals surface area contributed by atoms with E-state index in [4.69, 9.17) is 9.47 Å². The van der Waals surface area contributed by atoms with Crippen molar-refractivity contribution in [3.63, 3.8) is 0 Å². The normalized spacial score (nSPS) is 13.7. The summed E-state index contributed by atoms with van der Waals surface area (Å²) in [5.74, 6) is -0.239. The van der Waals surface area contributed by atoms with E-state index in [-0.39, 0.29) is 17.9 Å². The summed E-state index contributed by atoms with van der Waals surface area (Å²) >= 11 is 0. The van der Waals surface area contributed by atoms with Gasteiger partial charge in [0.2, 0.25) is 5.91 Å². The topological polar surface area (TPSA) is 76.2 Å². The van der Waals surface area contributed by atoms with Gasteiger partial charge in [-0.15, -0.1) is 0 Å². The fraction of sp³-hybridized carbons (Fsp3) is 0.850. The number of nitrogens with zero attached hydrogens (tertiary/aromatic N) is 2. The zero-order valence-corrected chi connectivity index (χ0v) is 18.5. The third-order valence-electron chi connectivity index (χ3n) is 4.29. The Labute approximate surface area is 164 Å². The number of esters is 1. The zero-order chi connectivity index (χ0) is 21.4. The summed E-state index contributed by atoms with van der Waals surface area (Å²) in [7, 11) is 3.05. The molecule has 0 saturated heterocycles. The number of rotatable bonds is 9. The number of carbonyl (C=O) groups is 3. The molecule has 0 aliphatic heterocycles. The fourth-order valence-corrected chi connectivity index (χ4v) is 2.13. The van der Waals surface area contributed by atoms with Crippen LogP contribution in [0.3, 0.4) is 0 Å². The van der Waals surface area contributed by atoms with Crippen LogP contribution in [0.15, 0.2) is 0 Å². The van der Waals surface area contributed by atoms with Gasteiger partial charge >= 0.3 is 12.1 Å². The highest BCUT2D eigenvalue weighted by Crippen LogP contribution is 2.14. The van der Waals surface area contributed by atoms with E-state index in [0.717, 1.165) is 12.8 Å². The summed E-state index contributed by atoms with van der Waals surface area (Å²) in [6.07, 6.45) is 1.21. The molecule has 0 N–H and O–H groups in total. The number of ether oxygens (including phenoxy) is 2. The van der Waals surface area contributed by atoms with Gasteiger partial charge in [0, 0.05) is 14.1 Å². The molecule has 7 heteroatoms. The lowest BCUT2D eigenvalue weighted by molar-refractivity contribution is -0.154. The maximum absolute atomic E-state index is 12.6. The summed E-state index contributed by atoms with van der Waals surface area (Å²) in [5.41, 5.74) is -0.158. The van der Waals surface area contributed by atoms with Crippen LogP contribution in [-0.4, -0.2) is 67.2 Å². The summed E-state index contributed by atoms with van der Waals surface area (Å²) in [5, 5.41) is 0. The number of hydrogen-bond acceptors (Lipinski definition) is 5. The molecule has 0 saturated carbocycles. The molecular formula is C20H38N2O5. The Morgan fingerprint density at radius 1 is 0.889 bits per heavy atom. The van der Waals surface area contributed by atoms with E-state index in [1.165, 1.54) is 23.9 Å². The fourth-order valence-electron chi connectivity index (χ4n) is 2.13. The van der Waals surface area contributed by atoms with Crippen molar-refractivity contribution < 1.29 is 23.9 Å². The zero-order valence-electron chi connectivity index (χ0n) is 18.5. The molecule has 0 aliphatic carbocycles. The molecule has 2 unspecified atom stereocenters. The molecule has 0 radical (unpaired) electrons. The minimum atomic E-state index is -0.751. The highest BCUT2D eigenvalue weighted by molar-refractivity contribution is 5.89. The van der Waals surface area contributed by atoms with Crippen molar-refractivity contribution in [2.45, 2.75) is 73.4 Å². The Bertz CT molecular complexity index is 499. The minimum Gasteiger partial charge on any atom is -0.464 e. The number of amides is 2. The Hall–Kier alpha value is -1.79. The molecule has 0 bridgehead atoms. The van der Waals surface area contributed by atoms with Gasteiger partial charge in [0.25, 0.3) is 0 Å². The molecule has 2 amide bonds. The van der Waals surface area contributed by atoms with Crippen LogP contribution < -0.4 is 0 Å². The smallest absolute Gasteiger partial charge is 0.410 e. The van der Waals surface area contributed by atoms with Gasteiger partial charge in [-0.1, -0.05) is 34.6 Å². The largest absolute Gasteiger partial charge is 0.464 e. The van der Waals surface area contributed by atoms with Gasteiger partial charge in [0.1, 0.15) is 12.1 Å². The van der Waals surface area contributed by atoms with Gasteiger partial charge in [-0.05, 0) is 38.0 Å². The average molecular weight is 387 g/mol. The van der Waals surface area contributed by atoms with Crippen molar-refractivity contribution in [3.05, 3.63) is 0 Å². The van der Waals surface area contributed by atoms with E-state index in [1.54, 1.807) is 13.8 Å².